The zero-order valence-corrected chi connectivity index (χ0v) is 13.9. The van der Waals surface area contributed by atoms with Crippen LogP contribution in [0.25, 0.3) is 6.08 Å². The Balaban J connectivity index is 2.48. The van der Waals surface area contributed by atoms with Gasteiger partial charge in [0.1, 0.15) is 11.6 Å². The van der Waals surface area contributed by atoms with Gasteiger partial charge in [0.15, 0.2) is 0 Å². The summed E-state index contributed by atoms with van der Waals surface area (Å²) in [6, 6.07) is 3.35. The lowest BCUT2D eigenvalue weighted by atomic mass is 10.1. The van der Waals surface area contributed by atoms with Crippen molar-refractivity contribution in [3.05, 3.63) is 30.1 Å². The van der Waals surface area contributed by atoms with Crippen LogP contribution in [0.5, 0.6) is 0 Å². The molecular formula is C16H24N2O2S. The molecular weight excluding hydrogens is 284 g/mol. The first-order valence-electron chi connectivity index (χ1n) is 7.05. The molecule has 0 aromatic carbocycles. The van der Waals surface area contributed by atoms with Crippen molar-refractivity contribution >= 4 is 23.8 Å². The number of hydrogen-bond acceptors (Lipinski definition) is 5. The molecule has 0 radical (unpaired) electrons. The highest BCUT2D eigenvalue weighted by molar-refractivity contribution is 7.99. The van der Waals surface area contributed by atoms with Crippen molar-refractivity contribution in [2.75, 3.05) is 5.75 Å². The molecule has 1 aromatic heterocycles. The second-order valence-electron chi connectivity index (χ2n) is 5.63. The van der Waals surface area contributed by atoms with E-state index in [-0.39, 0.29) is 5.97 Å². The number of thioether (sulfide) groups is 1. The Bertz CT molecular complexity index is 478. The predicted molar refractivity (Wildman–Crippen MR) is 88.1 cm³/mol. The Kier molecular flexibility index (Phi) is 6.92. The average Bonchev–Trinajstić information content (AvgIpc) is 2.39. The fourth-order valence-electron chi connectivity index (χ4n) is 1.55. The Morgan fingerprint density at radius 3 is 2.71 bits per heavy atom. The van der Waals surface area contributed by atoms with Crippen molar-refractivity contribution in [2.24, 2.45) is 5.73 Å². The molecule has 0 aliphatic rings. The topological polar surface area (TPSA) is 65.2 Å². The number of hydrogen-bond donors (Lipinski definition) is 1. The first-order valence-corrected chi connectivity index (χ1v) is 8.04. The second kappa shape index (κ2) is 8.20. The summed E-state index contributed by atoms with van der Waals surface area (Å²) >= 11 is 1.75. The molecule has 0 saturated carbocycles. The van der Waals surface area contributed by atoms with Crippen molar-refractivity contribution in [2.45, 2.75) is 50.7 Å². The maximum absolute atomic E-state index is 11.7. The van der Waals surface area contributed by atoms with E-state index in [9.17, 15) is 4.79 Å². The molecule has 1 unspecified atom stereocenters. The van der Waals surface area contributed by atoms with Crippen LogP contribution in [0.15, 0.2) is 29.3 Å². The third-order valence-electron chi connectivity index (χ3n) is 2.46. The molecule has 5 heteroatoms. The van der Waals surface area contributed by atoms with Crippen LogP contribution < -0.4 is 5.73 Å². The summed E-state index contributed by atoms with van der Waals surface area (Å²) in [5, 5.41) is 0. The van der Waals surface area contributed by atoms with Gasteiger partial charge in [0.2, 0.25) is 0 Å². The highest BCUT2D eigenvalue weighted by Gasteiger charge is 2.20. The molecule has 4 nitrogen and oxygen atoms in total. The number of nitrogens with zero attached hydrogens (tertiary/aromatic N) is 1. The molecule has 0 saturated heterocycles. The summed E-state index contributed by atoms with van der Waals surface area (Å²) in [7, 11) is 0. The number of pyridine rings is 1. The van der Waals surface area contributed by atoms with Crippen LogP contribution in [0, 0.1) is 0 Å². The minimum atomic E-state index is -0.643. The van der Waals surface area contributed by atoms with Gasteiger partial charge in [-0.1, -0.05) is 13.0 Å². The number of nitrogens with two attached hydrogens (primary N) is 1. The van der Waals surface area contributed by atoms with Gasteiger partial charge < -0.3 is 10.5 Å². The quantitative estimate of drug-likeness (QED) is 0.645. The van der Waals surface area contributed by atoms with E-state index in [0.29, 0.717) is 6.42 Å². The van der Waals surface area contributed by atoms with E-state index in [1.807, 2.05) is 51.3 Å². The molecule has 1 atom stereocenters. The van der Waals surface area contributed by atoms with Crippen LogP contribution in [-0.2, 0) is 9.53 Å². The largest absolute Gasteiger partial charge is 0.459 e. The first kappa shape index (κ1) is 17.7. The number of rotatable bonds is 6. The molecule has 116 valence electrons. The van der Waals surface area contributed by atoms with E-state index in [2.05, 4.69) is 11.9 Å². The van der Waals surface area contributed by atoms with Crippen LogP contribution in [0.3, 0.4) is 0 Å². The lowest BCUT2D eigenvalue weighted by Gasteiger charge is -2.21. The highest BCUT2D eigenvalue weighted by atomic mass is 32.2. The average molecular weight is 308 g/mol. The summed E-state index contributed by atoms with van der Waals surface area (Å²) in [6.45, 7) is 7.59. The van der Waals surface area contributed by atoms with Gasteiger partial charge in [0.25, 0.3) is 0 Å². The Labute approximate surface area is 131 Å². The van der Waals surface area contributed by atoms with Crippen LogP contribution in [-0.4, -0.2) is 28.3 Å². The third kappa shape index (κ3) is 7.29. The molecule has 0 bridgehead atoms. The van der Waals surface area contributed by atoms with E-state index >= 15 is 0 Å². The van der Waals surface area contributed by atoms with Gasteiger partial charge in [-0.15, -0.1) is 11.8 Å². The van der Waals surface area contributed by atoms with Gasteiger partial charge in [0, 0.05) is 11.1 Å². The number of esters is 1. The van der Waals surface area contributed by atoms with E-state index in [1.54, 1.807) is 11.8 Å². The normalized spacial score (nSPS) is 13.4. The molecule has 1 heterocycles. The summed E-state index contributed by atoms with van der Waals surface area (Å²) < 4.78 is 5.23. The van der Waals surface area contributed by atoms with Crippen molar-refractivity contribution < 1.29 is 9.53 Å². The van der Waals surface area contributed by atoms with Crippen molar-refractivity contribution in [1.82, 2.24) is 4.98 Å². The van der Waals surface area contributed by atoms with Gasteiger partial charge in [-0.25, -0.2) is 0 Å². The molecule has 0 amide bonds. The Hall–Kier alpha value is -1.33. The monoisotopic (exact) mass is 308 g/mol. The lowest BCUT2D eigenvalue weighted by Crippen LogP contribution is -2.36. The maximum Gasteiger partial charge on any atom is 0.323 e. The Morgan fingerprint density at radius 1 is 1.48 bits per heavy atom. The van der Waals surface area contributed by atoms with Gasteiger partial charge in [-0.2, -0.15) is 0 Å². The number of carbonyl (C=O) groups excluding carboxylic acids is 1. The summed E-state index contributed by atoms with van der Waals surface area (Å²) in [6.07, 6.45) is 6.00. The van der Waals surface area contributed by atoms with Crippen molar-refractivity contribution in [1.29, 1.82) is 0 Å². The minimum Gasteiger partial charge on any atom is -0.459 e. The smallest absolute Gasteiger partial charge is 0.323 e. The molecule has 1 aromatic rings. The predicted octanol–water partition coefficient (Wildman–Crippen LogP) is 3.27. The van der Waals surface area contributed by atoms with Crippen molar-refractivity contribution in [3.8, 4) is 0 Å². The second-order valence-corrected chi connectivity index (χ2v) is 6.97. The maximum atomic E-state index is 11.7. The zero-order chi connectivity index (χ0) is 15.9. The minimum absolute atomic E-state index is 0.380. The molecule has 1 rings (SSSR count). The first-order chi connectivity index (χ1) is 9.81. The van der Waals surface area contributed by atoms with Gasteiger partial charge in [0.05, 0.1) is 5.69 Å². The highest BCUT2D eigenvalue weighted by Crippen LogP contribution is 2.16. The molecule has 0 aliphatic carbocycles. The third-order valence-corrected chi connectivity index (χ3v) is 3.32. The molecule has 0 aliphatic heterocycles. The molecule has 0 spiro atoms. The molecule has 21 heavy (non-hydrogen) atoms. The summed E-state index contributed by atoms with van der Waals surface area (Å²) in [5.74, 6) is 0.650. The summed E-state index contributed by atoms with van der Waals surface area (Å²) in [5.41, 5.74) is 6.15. The van der Waals surface area contributed by atoms with Gasteiger partial charge >= 0.3 is 5.97 Å². The van der Waals surface area contributed by atoms with Crippen LogP contribution in [0.2, 0.25) is 0 Å². The fourth-order valence-corrected chi connectivity index (χ4v) is 2.18. The van der Waals surface area contributed by atoms with Crippen molar-refractivity contribution in [3.63, 3.8) is 0 Å². The standard InChI is InChI=1S/C16H24N2O2S/c1-5-21-13-10-9-12(18-11-13)7-6-8-14(17)15(19)20-16(2,3)4/h6-7,9-11,14H,5,8,17H2,1-4H3. The van der Waals surface area contributed by atoms with E-state index in [1.165, 1.54) is 0 Å². The Morgan fingerprint density at radius 2 is 2.19 bits per heavy atom. The zero-order valence-electron chi connectivity index (χ0n) is 13.1. The summed E-state index contributed by atoms with van der Waals surface area (Å²) in [4.78, 5) is 17.2. The van der Waals surface area contributed by atoms with Crippen LogP contribution >= 0.6 is 11.8 Å². The number of ether oxygens (including phenoxy) is 1. The van der Waals surface area contributed by atoms with Gasteiger partial charge in [-0.05, 0) is 51.2 Å². The van der Waals surface area contributed by atoms with Crippen LogP contribution in [0.4, 0.5) is 0 Å². The van der Waals surface area contributed by atoms with E-state index in [4.69, 9.17) is 10.5 Å². The van der Waals surface area contributed by atoms with E-state index in [0.717, 1.165) is 16.3 Å². The van der Waals surface area contributed by atoms with Crippen LogP contribution in [0.1, 0.15) is 39.8 Å². The number of carbonyl (C=O) groups is 1. The number of aromatic nitrogens is 1. The lowest BCUT2D eigenvalue weighted by molar-refractivity contribution is -0.156. The molecule has 2 N–H and O–H groups in total. The van der Waals surface area contributed by atoms with E-state index < -0.39 is 11.6 Å². The SMILES string of the molecule is CCSc1ccc(C=CCC(N)C(=O)OC(C)(C)C)nc1. The fraction of sp³-hybridized carbons (Fsp3) is 0.500. The molecule has 0 fully saturated rings. The van der Waals surface area contributed by atoms with Gasteiger partial charge in [-0.3, -0.25) is 9.78 Å².